The van der Waals surface area contributed by atoms with Crippen LogP contribution >= 0.6 is 34.5 Å². The smallest absolute Gasteiger partial charge is 0.243 e. The maximum Gasteiger partial charge on any atom is 0.243 e. The number of benzene rings is 1. The van der Waals surface area contributed by atoms with Gasteiger partial charge in [0, 0.05) is 24.7 Å². The first-order valence-electron chi connectivity index (χ1n) is 10.2. The maximum atomic E-state index is 13.0. The van der Waals surface area contributed by atoms with Gasteiger partial charge >= 0.3 is 0 Å². The molecule has 3 heterocycles. The van der Waals surface area contributed by atoms with Crippen molar-refractivity contribution in [2.24, 2.45) is 0 Å². The van der Waals surface area contributed by atoms with E-state index in [2.05, 4.69) is 21.4 Å². The highest BCUT2D eigenvalue weighted by atomic mass is 35.5. The molecule has 7 nitrogen and oxygen atoms in total. The van der Waals surface area contributed by atoms with Crippen LogP contribution in [0.1, 0.15) is 40.3 Å². The van der Waals surface area contributed by atoms with Crippen LogP contribution in [0, 0.1) is 11.3 Å². The monoisotopic (exact) mass is 489 g/mol. The first kappa shape index (κ1) is 22.6. The van der Waals surface area contributed by atoms with Gasteiger partial charge in [0.2, 0.25) is 11.5 Å². The Balaban J connectivity index is 1.50. The molecule has 0 spiro atoms. The van der Waals surface area contributed by atoms with Crippen LogP contribution in [0.2, 0.25) is 10.0 Å². The van der Waals surface area contributed by atoms with E-state index in [4.69, 9.17) is 33.5 Å². The zero-order chi connectivity index (χ0) is 22.7. The van der Waals surface area contributed by atoms with Crippen molar-refractivity contribution in [2.75, 3.05) is 37.2 Å². The second-order valence-electron chi connectivity index (χ2n) is 7.52. The summed E-state index contributed by atoms with van der Waals surface area (Å²) in [6.45, 7) is 3.73. The highest BCUT2D eigenvalue weighted by Gasteiger charge is 2.25. The lowest BCUT2D eigenvalue weighted by Crippen LogP contribution is -2.33. The average molecular weight is 490 g/mol. The Morgan fingerprint density at radius 3 is 2.75 bits per heavy atom. The summed E-state index contributed by atoms with van der Waals surface area (Å²) in [7, 11) is 0. The van der Waals surface area contributed by atoms with Crippen LogP contribution in [0.15, 0.2) is 28.8 Å². The predicted molar refractivity (Wildman–Crippen MR) is 128 cm³/mol. The van der Waals surface area contributed by atoms with E-state index in [1.54, 1.807) is 18.2 Å². The number of hydrogen-bond donors (Lipinski definition) is 2. The van der Waals surface area contributed by atoms with Gasteiger partial charge in [-0.05, 0) is 38.1 Å². The third kappa shape index (κ3) is 4.76. The molecule has 1 saturated heterocycles. The third-order valence-electron chi connectivity index (χ3n) is 5.37. The van der Waals surface area contributed by atoms with Crippen LogP contribution in [0.25, 0.3) is 11.3 Å². The van der Waals surface area contributed by atoms with Gasteiger partial charge in [0.05, 0.1) is 15.7 Å². The zero-order valence-electron chi connectivity index (χ0n) is 17.2. The fraction of sp³-hybridized carbons (Fsp3) is 0.318. The standard InChI is InChI=1S/C22H21Cl2N5O2S/c23-15-5-4-13(10-16(15)24)17-11-18(31-28-17)20(30)21-19(26)14(12-25)22(32-21)27-6-9-29-7-2-1-3-8-29/h4-5,10-11,27H,1-3,6-9,26H2. The number of ketones is 1. The van der Waals surface area contributed by atoms with Gasteiger partial charge in [0.1, 0.15) is 27.2 Å². The quantitative estimate of drug-likeness (QED) is 0.433. The molecular formula is C22H21Cl2N5O2S. The van der Waals surface area contributed by atoms with E-state index in [-0.39, 0.29) is 21.9 Å². The molecule has 32 heavy (non-hydrogen) atoms. The molecule has 2 aromatic heterocycles. The number of nitrogens with one attached hydrogen (secondary N) is 1. The fourth-order valence-corrected chi connectivity index (χ4v) is 4.98. The Labute approximate surface area is 199 Å². The normalized spacial score (nSPS) is 14.3. The lowest BCUT2D eigenvalue weighted by Gasteiger charge is -2.26. The van der Waals surface area contributed by atoms with Crippen LogP contribution in [0.3, 0.4) is 0 Å². The molecule has 1 aromatic carbocycles. The number of halogens is 2. The number of nitrogens with zero attached hydrogens (tertiary/aromatic N) is 3. The minimum Gasteiger partial charge on any atom is -0.396 e. The van der Waals surface area contributed by atoms with Crippen LogP contribution in [0.5, 0.6) is 0 Å². The number of hydrogen-bond acceptors (Lipinski definition) is 8. The summed E-state index contributed by atoms with van der Waals surface area (Å²) < 4.78 is 5.27. The number of carbonyl (C=O) groups excluding carboxylic acids is 1. The van der Waals surface area contributed by atoms with Crippen molar-refractivity contribution in [1.82, 2.24) is 10.1 Å². The number of carbonyl (C=O) groups is 1. The molecule has 0 radical (unpaired) electrons. The van der Waals surface area contributed by atoms with Crippen molar-refractivity contribution in [3.05, 3.63) is 50.5 Å². The number of likely N-dealkylation sites (tertiary alicyclic amines) is 1. The van der Waals surface area contributed by atoms with Crippen molar-refractivity contribution >= 4 is 51.0 Å². The maximum absolute atomic E-state index is 13.0. The van der Waals surface area contributed by atoms with E-state index in [9.17, 15) is 10.1 Å². The molecule has 1 aliphatic rings. The van der Waals surface area contributed by atoms with E-state index in [1.165, 1.54) is 25.3 Å². The molecule has 3 N–H and O–H groups in total. The number of nitrogens with two attached hydrogens (primary N) is 1. The van der Waals surface area contributed by atoms with Crippen LogP contribution < -0.4 is 11.1 Å². The van der Waals surface area contributed by atoms with Crippen molar-refractivity contribution < 1.29 is 9.32 Å². The summed E-state index contributed by atoms with van der Waals surface area (Å²) in [5, 5.41) is 18.2. The topological polar surface area (TPSA) is 108 Å². The fourth-order valence-electron chi connectivity index (χ4n) is 3.64. The number of anilines is 2. The van der Waals surface area contributed by atoms with Gasteiger partial charge in [0.25, 0.3) is 0 Å². The predicted octanol–water partition coefficient (Wildman–Crippen LogP) is 5.29. The van der Waals surface area contributed by atoms with E-state index in [0.29, 0.717) is 32.8 Å². The minimum atomic E-state index is -0.424. The zero-order valence-corrected chi connectivity index (χ0v) is 19.5. The van der Waals surface area contributed by atoms with Gasteiger partial charge in [-0.2, -0.15) is 5.26 Å². The Morgan fingerprint density at radius 2 is 2.03 bits per heavy atom. The lowest BCUT2D eigenvalue weighted by atomic mass is 10.1. The summed E-state index contributed by atoms with van der Waals surface area (Å²) >= 11 is 13.2. The molecule has 0 bridgehead atoms. The molecular weight excluding hydrogens is 469 g/mol. The largest absolute Gasteiger partial charge is 0.396 e. The van der Waals surface area contributed by atoms with Gasteiger partial charge in [-0.25, -0.2) is 0 Å². The number of piperidine rings is 1. The van der Waals surface area contributed by atoms with Crippen molar-refractivity contribution in [1.29, 1.82) is 5.26 Å². The summed E-state index contributed by atoms with van der Waals surface area (Å²) in [5.41, 5.74) is 7.68. The molecule has 1 fully saturated rings. The van der Waals surface area contributed by atoms with E-state index < -0.39 is 5.78 Å². The van der Waals surface area contributed by atoms with Gasteiger partial charge in [-0.15, -0.1) is 11.3 Å². The van der Waals surface area contributed by atoms with E-state index >= 15 is 0 Å². The molecule has 1 aliphatic heterocycles. The molecule has 0 amide bonds. The van der Waals surface area contributed by atoms with Crippen LogP contribution in [0.4, 0.5) is 10.7 Å². The summed E-state index contributed by atoms with van der Waals surface area (Å²) in [6.07, 6.45) is 3.72. The molecule has 166 valence electrons. The van der Waals surface area contributed by atoms with Crippen molar-refractivity contribution in [3.63, 3.8) is 0 Å². The first-order valence-corrected chi connectivity index (χ1v) is 11.8. The first-order chi connectivity index (χ1) is 15.5. The molecule has 4 rings (SSSR count). The van der Waals surface area contributed by atoms with Crippen LogP contribution in [-0.4, -0.2) is 42.0 Å². The average Bonchev–Trinajstić information content (AvgIpc) is 3.41. The van der Waals surface area contributed by atoms with Gasteiger partial charge in [-0.1, -0.05) is 40.8 Å². The van der Waals surface area contributed by atoms with Gasteiger partial charge < -0.3 is 20.5 Å². The molecule has 0 unspecified atom stereocenters. The van der Waals surface area contributed by atoms with Crippen molar-refractivity contribution in [2.45, 2.75) is 19.3 Å². The van der Waals surface area contributed by atoms with Gasteiger partial charge in [0.15, 0.2) is 0 Å². The second kappa shape index (κ2) is 9.92. The van der Waals surface area contributed by atoms with E-state index in [0.717, 1.165) is 31.0 Å². The second-order valence-corrected chi connectivity index (χ2v) is 9.36. The summed E-state index contributed by atoms with van der Waals surface area (Å²) in [5.74, 6) is -0.393. The SMILES string of the molecule is N#Cc1c(NCCN2CCCCC2)sc(C(=O)c2cc(-c3ccc(Cl)c(Cl)c3)no2)c1N. The highest BCUT2D eigenvalue weighted by Crippen LogP contribution is 2.37. The number of aromatic nitrogens is 1. The lowest BCUT2D eigenvalue weighted by molar-refractivity contribution is 0.100. The molecule has 0 atom stereocenters. The minimum absolute atomic E-state index is 0.0309. The Kier molecular flexibility index (Phi) is 7.01. The Hall–Kier alpha value is -2.57. The molecule has 0 aliphatic carbocycles. The van der Waals surface area contributed by atoms with Gasteiger partial charge in [-0.3, -0.25) is 4.79 Å². The third-order valence-corrected chi connectivity index (χ3v) is 7.28. The number of thiophene rings is 1. The number of nitrogen functional groups attached to an aromatic ring is 1. The molecule has 3 aromatic rings. The number of nitriles is 1. The Bertz CT molecular complexity index is 1180. The van der Waals surface area contributed by atoms with Crippen LogP contribution in [-0.2, 0) is 0 Å². The Morgan fingerprint density at radius 1 is 1.25 bits per heavy atom. The summed E-state index contributed by atoms with van der Waals surface area (Å²) in [4.78, 5) is 15.7. The molecule has 10 heteroatoms. The van der Waals surface area contributed by atoms with E-state index in [1.807, 2.05) is 0 Å². The highest BCUT2D eigenvalue weighted by molar-refractivity contribution is 7.19. The molecule has 0 saturated carbocycles. The van der Waals surface area contributed by atoms with Crippen molar-refractivity contribution in [3.8, 4) is 17.3 Å². The summed E-state index contributed by atoms with van der Waals surface area (Å²) in [6, 6.07) is 8.66. The number of rotatable bonds is 7.